The van der Waals surface area contributed by atoms with Crippen LogP contribution in [-0.2, 0) is 9.53 Å². The van der Waals surface area contributed by atoms with Crippen molar-refractivity contribution in [2.75, 3.05) is 27.2 Å². The van der Waals surface area contributed by atoms with Crippen LogP contribution in [0.2, 0.25) is 0 Å². The van der Waals surface area contributed by atoms with E-state index in [4.69, 9.17) is 10.5 Å². The van der Waals surface area contributed by atoms with Crippen molar-refractivity contribution < 1.29 is 9.53 Å². The number of esters is 1. The van der Waals surface area contributed by atoms with Gasteiger partial charge in [-0.2, -0.15) is 0 Å². The molecule has 0 bridgehead atoms. The zero-order chi connectivity index (χ0) is 12.1. The number of carbonyl (C=O) groups is 1. The molecule has 90 valence electrons. The number of ether oxygens (including phenoxy) is 1. The van der Waals surface area contributed by atoms with Gasteiger partial charge in [-0.05, 0) is 34.4 Å². The molecule has 0 aromatic rings. The summed E-state index contributed by atoms with van der Waals surface area (Å²) in [5.41, 5.74) is 5.44. The second-order valence-electron chi connectivity index (χ2n) is 4.15. The molecule has 0 saturated carbocycles. The standard InChI is InChI=1S/C11H24N2O2/c1-6-11(3,13(4)5)9(8-12)10(14)15-7-2/h9H,6-8,12H2,1-5H3/t9-,11-/m1/s1. The first-order chi connectivity index (χ1) is 6.93. The molecule has 0 aliphatic heterocycles. The summed E-state index contributed by atoms with van der Waals surface area (Å²) in [4.78, 5) is 13.8. The van der Waals surface area contributed by atoms with Gasteiger partial charge in [-0.15, -0.1) is 0 Å². The van der Waals surface area contributed by atoms with Gasteiger partial charge in [0, 0.05) is 12.1 Å². The first-order valence-electron chi connectivity index (χ1n) is 5.48. The van der Waals surface area contributed by atoms with Crippen molar-refractivity contribution in [2.24, 2.45) is 11.7 Å². The third kappa shape index (κ3) is 3.18. The Morgan fingerprint density at radius 2 is 2.00 bits per heavy atom. The van der Waals surface area contributed by atoms with E-state index in [9.17, 15) is 4.79 Å². The lowest BCUT2D eigenvalue weighted by Gasteiger charge is -2.40. The fourth-order valence-electron chi connectivity index (χ4n) is 1.72. The molecule has 0 heterocycles. The van der Waals surface area contributed by atoms with E-state index in [0.29, 0.717) is 13.2 Å². The van der Waals surface area contributed by atoms with E-state index in [1.807, 2.05) is 32.8 Å². The molecule has 4 heteroatoms. The molecule has 0 aliphatic rings. The number of hydrogen-bond acceptors (Lipinski definition) is 4. The summed E-state index contributed by atoms with van der Waals surface area (Å²) in [7, 11) is 3.93. The SMILES string of the molecule is CCOC(=O)[C@@H](CN)[C@@](C)(CC)N(C)C. The van der Waals surface area contributed by atoms with E-state index in [2.05, 4.69) is 6.92 Å². The first-order valence-corrected chi connectivity index (χ1v) is 5.48. The largest absolute Gasteiger partial charge is 0.466 e. The van der Waals surface area contributed by atoms with Crippen LogP contribution in [0.4, 0.5) is 0 Å². The topological polar surface area (TPSA) is 55.6 Å². The van der Waals surface area contributed by atoms with Gasteiger partial charge in [-0.25, -0.2) is 0 Å². The van der Waals surface area contributed by atoms with Gasteiger partial charge < -0.3 is 15.4 Å². The van der Waals surface area contributed by atoms with Crippen LogP contribution < -0.4 is 5.73 Å². The van der Waals surface area contributed by atoms with Crippen molar-refractivity contribution in [1.82, 2.24) is 4.90 Å². The Morgan fingerprint density at radius 1 is 1.47 bits per heavy atom. The maximum absolute atomic E-state index is 11.8. The maximum Gasteiger partial charge on any atom is 0.312 e. The predicted molar refractivity (Wildman–Crippen MR) is 61.6 cm³/mol. The molecular formula is C11H24N2O2. The average Bonchev–Trinajstić information content (AvgIpc) is 2.18. The van der Waals surface area contributed by atoms with Crippen LogP contribution >= 0.6 is 0 Å². The Hall–Kier alpha value is -0.610. The molecule has 2 atom stereocenters. The van der Waals surface area contributed by atoms with Crippen LogP contribution in [0.3, 0.4) is 0 Å². The number of nitrogens with two attached hydrogens (primary N) is 1. The zero-order valence-corrected chi connectivity index (χ0v) is 10.5. The molecule has 15 heavy (non-hydrogen) atoms. The van der Waals surface area contributed by atoms with Crippen molar-refractivity contribution in [1.29, 1.82) is 0 Å². The fraction of sp³-hybridized carbons (Fsp3) is 0.909. The molecule has 0 aromatic carbocycles. The summed E-state index contributed by atoms with van der Waals surface area (Å²) < 4.78 is 5.05. The Labute approximate surface area is 92.8 Å². The molecule has 0 radical (unpaired) electrons. The van der Waals surface area contributed by atoms with Crippen LogP contribution in [0.15, 0.2) is 0 Å². The van der Waals surface area contributed by atoms with Crippen molar-refractivity contribution in [3.05, 3.63) is 0 Å². The van der Waals surface area contributed by atoms with E-state index in [1.54, 1.807) is 0 Å². The van der Waals surface area contributed by atoms with Crippen molar-refractivity contribution in [3.8, 4) is 0 Å². The third-order valence-corrected chi connectivity index (χ3v) is 3.29. The number of hydrogen-bond donors (Lipinski definition) is 1. The molecule has 0 aromatic heterocycles. The zero-order valence-electron chi connectivity index (χ0n) is 10.5. The molecule has 0 aliphatic carbocycles. The minimum absolute atomic E-state index is 0.196. The normalized spacial score (nSPS) is 17.3. The summed E-state index contributed by atoms with van der Waals surface area (Å²) in [6.45, 7) is 6.64. The van der Waals surface area contributed by atoms with Gasteiger partial charge >= 0.3 is 5.97 Å². The van der Waals surface area contributed by atoms with E-state index >= 15 is 0 Å². The maximum atomic E-state index is 11.8. The molecule has 2 N–H and O–H groups in total. The third-order valence-electron chi connectivity index (χ3n) is 3.29. The molecule has 0 unspecified atom stereocenters. The molecule has 0 fully saturated rings. The van der Waals surface area contributed by atoms with Gasteiger partial charge in [0.1, 0.15) is 0 Å². The van der Waals surface area contributed by atoms with Gasteiger partial charge in [-0.3, -0.25) is 4.79 Å². The lowest BCUT2D eigenvalue weighted by Crippen LogP contribution is -2.53. The number of rotatable bonds is 6. The average molecular weight is 216 g/mol. The van der Waals surface area contributed by atoms with E-state index < -0.39 is 0 Å². The highest BCUT2D eigenvalue weighted by Crippen LogP contribution is 2.26. The summed E-state index contributed by atoms with van der Waals surface area (Å²) in [6.07, 6.45) is 0.862. The van der Waals surface area contributed by atoms with E-state index in [-0.39, 0.29) is 17.4 Å². The summed E-state index contributed by atoms with van der Waals surface area (Å²) >= 11 is 0. The smallest absolute Gasteiger partial charge is 0.312 e. The van der Waals surface area contributed by atoms with Crippen LogP contribution in [0.25, 0.3) is 0 Å². The van der Waals surface area contributed by atoms with Gasteiger partial charge in [0.15, 0.2) is 0 Å². The summed E-state index contributed by atoms with van der Waals surface area (Å²) in [6, 6.07) is 0. The monoisotopic (exact) mass is 216 g/mol. The molecular weight excluding hydrogens is 192 g/mol. The Balaban J connectivity index is 4.83. The lowest BCUT2D eigenvalue weighted by atomic mass is 9.82. The minimum atomic E-state index is -0.266. The Bertz CT molecular complexity index is 207. The Kier molecular flexibility index (Phi) is 5.83. The molecule has 4 nitrogen and oxygen atoms in total. The van der Waals surface area contributed by atoms with Crippen molar-refractivity contribution >= 4 is 5.97 Å². The number of carbonyl (C=O) groups excluding carboxylic acids is 1. The van der Waals surface area contributed by atoms with Crippen molar-refractivity contribution in [2.45, 2.75) is 32.7 Å². The molecule has 0 amide bonds. The Morgan fingerprint density at radius 3 is 2.27 bits per heavy atom. The van der Waals surface area contributed by atoms with Gasteiger partial charge in [0.25, 0.3) is 0 Å². The summed E-state index contributed by atoms with van der Waals surface area (Å²) in [5.74, 6) is -0.463. The fourth-order valence-corrected chi connectivity index (χ4v) is 1.72. The van der Waals surface area contributed by atoms with Crippen LogP contribution in [0.5, 0.6) is 0 Å². The lowest BCUT2D eigenvalue weighted by molar-refractivity contribution is -0.152. The van der Waals surface area contributed by atoms with Gasteiger partial charge in [-0.1, -0.05) is 6.92 Å². The highest BCUT2D eigenvalue weighted by atomic mass is 16.5. The van der Waals surface area contributed by atoms with Crippen LogP contribution in [0.1, 0.15) is 27.2 Å². The quantitative estimate of drug-likeness (QED) is 0.669. The molecule has 0 spiro atoms. The highest BCUT2D eigenvalue weighted by molar-refractivity contribution is 5.74. The second-order valence-corrected chi connectivity index (χ2v) is 4.15. The second kappa shape index (κ2) is 6.08. The van der Waals surface area contributed by atoms with Crippen LogP contribution in [0, 0.1) is 5.92 Å². The molecule has 0 rings (SSSR count). The van der Waals surface area contributed by atoms with E-state index in [0.717, 1.165) is 6.42 Å². The van der Waals surface area contributed by atoms with Gasteiger partial charge in [0.05, 0.1) is 12.5 Å². The highest BCUT2D eigenvalue weighted by Gasteiger charge is 2.39. The first kappa shape index (κ1) is 14.4. The van der Waals surface area contributed by atoms with Crippen LogP contribution in [-0.4, -0.2) is 43.7 Å². The van der Waals surface area contributed by atoms with Gasteiger partial charge in [0.2, 0.25) is 0 Å². The summed E-state index contributed by atoms with van der Waals surface area (Å²) in [5, 5.41) is 0. The van der Waals surface area contributed by atoms with Crippen molar-refractivity contribution in [3.63, 3.8) is 0 Å². The minimum Gasteiger partial charge on any atom is -0.466 e. The van der Waals surface area contributed by atoms with E-state index in [1.165, 1.54) is 0 Å². The number of nitrogens with zero attached hydrogens (tertiary/aromatic N) is 1. The molecule has 0 saturated heterocycles. The predicted octanol–water partition coefficient (Wildman–Crippen LogP) is 0.855.